The minimum absolute atomic E-state index is 0.0300. The van der Waals surface area contributed by atoms with Crippen LogP contribution in [0.2, 0.25) is 0 Å². The molecule has 2 aromatic rings. The van der Waals surface area contributed by atoms with Crippen molar-refractivity contribution in [1.82, 2.24) is 10.6 Å². The highest BCUT2D eigenvalue weighted by atomic mass is 32.2. The van der Waals surface area contributed by atoms with Crippen LogP contribution >= 0.6 is 0 Å². The van der Waals surface area contributed by atoms with Crippen LogP contribution in [-0.4, -0.2) is 88.3 Å². The summed E-state index contributed by atoms with van der Waals surface area (Å²) in [5.41, 5.74) is 0.285. The Bertz CT molecular complexity index is 1470. The van der Waals surface area contributed by atoms with E-state index in [0.29, 0.717) is 38.2 Å². The molecular weight excluding hydrogens is 616 g/mol. The Morgan fingerprint density at radius 2 is 1.78 bits per heavy atom. The predicted molar refractivity (Wildman–Crippen MR) is 167 cm³/mol. The van der Waals surface area contributed by atoms with Gasteiger partial charge in [0.15, 0.2) is 27.6 Å². The summed E-state index contributed by atoms with van der Waals surface area (Å²) >= 11 is 0. The van der Waals surface area contributed by atoms with E-state index in [9.17, 15) is 23.1 Å². The summed E-state index contributed by atoms with van der Waals surface area (Å²) in [6.45, 7) is 6.84. The summed E-state index contributed by atoms with van der Waals surface area (Å²) in [6, 6.07) is 12.4. The van der Waals surface area contributed by atoms with E-state index in [1.165, 1.54) is 25.1 Å². The number of alkyl carbamates (subject to hydrolysis) is 1. The summed E-state index contributed by atoms with van der Waals surface area (Å²) in [4.78, 5) is 24.9. The highest BCUT2D eigenvalue weighted by Gasteiger charge is 2.45. The minimum atomic E-state index is -4.29. The second-order valence-electron chi connectivity index (χ2n) is 12.9. The van der Waals surface area contributed by atoms with Crippen LogP contribution in [0.1, 0.15) is 45.6 Å². The number of hydrogen-bond donors (Lipinski definition) is 3. The second-order valence-corrected chi connectivity index (χ2v) is 15.0. The van der Waals surface area contributed by atoms with E-state index in [1.54, 1.807) is 0 Å². The average Bonchev–Trinajstić information content (AvgIpc) is 3.65. The van der Waals surface area contributed by atoms with E-state index in [1.807, 2.05) is 44.2 Å². The summed E-state index contributed by atoms with van der Waals surface area (Å²) in [5, 5.41) is 16.3. The zero-order valence-corrected chi connectivity index (χ0v) is 27.3. The molecule has 3 aliphatic heterocycles. The van der Waals surface area contributed by atoms with Gasteiger partial charge in [-0.1, -0.05) is 44.2 Å². The fourth-order valence-electron chi connectivity index (χ4n) is 5.95. The van der Waals surface area contributed by atoms with Crippen molar-refractivity contribution in [2.75, 3.05) is 33.0 Å². The first kappa shape index (κ1) is 34.1. The number of fused-ring (bicyclic) bond motifs is 2. The van der Waals surface area contributed by atoms with Crippen molar-refractivity contribution in [3.63, 3.8) is 0 Å². The average molecular weight is 661 g/mol. The third-order valence-corrected chi connectivity index (χ3v) is 10.7. The van der Waals surface area contributed by atoms with Crippen LogP contribution in [0, 0.1) is 11.3 Å². The molecule has 12 nitrogen and oxygen atoms in total. The molecule has 3 aliphatic rings. The van der Waals surface area contributed by atoms with Crippen molar-refractivity contribution in [2.24, 2.45) is 11.3 Å². The SMILES string of the molecule is CC(=O)CCC(C)(C)CNC([C@H](O)[C@H](Cc1ccccc1)NC(=O)O[C@H]1CO[C@H]2OCC[C@H]21)S(=O)(=O)c1ccc2c(c1)OCCO2. The molecular formula is C33H44N2O10S. The van der Waals surface area contributed by atoms with Gasteiger partial charge in [0.2, 0.25) is 0 Å². The van der Waals surface area contributed by atoms with E-state index in [4.69, 9.17) is 23.7 Å². The maximum absolute atomic E-state index is 14.3. The first-order chi connectivity index (χ1) is 21.9. The number of ether oxygens (including phenoxy) is 5. The first-order valence-corrected chi connectivity index (χ1v) is 17.3. The summed E-state index contributed by atoms with van der Waals surface area (Å²) in [7, 11) is -4.29. The third kappa shape index (κ3) is 8.37. The van der Waals surface area contributed by atoms with Crippen molar-refractivity contribution in [3.05, 3.63) is 54.1 Å². The number of nitrogens with one attached hydrogen (secondary N) is 2. The van der Waals surface area contributed by atoms with Gasteiger partial charge in [0.1, 0.15) is 36.6 Å². The van der Waals surface area contributed by atoms with Gasteiger partial charge < -0.3 is 38.9 Å². The van der Waals surface area contributed by atoms with Crippen molar-refractivity contribution in [1.29, 1.82) is 0 Å². The maximum atomic E-state index is 14.3. The molecule has 3 heterocycles. The molecule has 0 aromatic heterocycles. The molecule has 46 heavy (non-hydrogen) atoms. The van der Waals surface area contributed by atoms with E-state index in [2.05, 4.69) is 10.6 Å². The molecule has 2 fully saturated rings. The number of hydrogen-bond acceptors (Lipinski definition) is 11. The lowest BCUT2D eigenvalue weighted by molar-refractivity contribution is -0.117. The zero-order chi connectivity index (χ0) is 32.9. The lowest BCUT2D eigenvalue weighted by Gasteiger charge is -2.34. The Morgan fingerprint density at radius 1 is 1.04 bits per heavy atom. The molecule has 0 bridgehead atoms. The predicted octanol–water partition coefficient (Wildman–Crippen LogP) is 3.00. The zero-order valence-electron chi connectivity index (χ0n) is 26.5. The molecule has 5 rings (SSSR count). The number of rotatable bonds is 14. The van der Waals surface area contributed by atoms with E-state index >= 15 is 0 Å². The van der Waals surface area contributed by atoms with Gasteiger partial charge in [-0.25, -0.2) is 13.2 Å². The van der Waals surface area contributed by atoms with Crippen LogP contribution in [0.5, 0.6) is 11.5 Å². The van der Waals surface area contributed by atoms with Gasteiger partial charge in [-0.15, -0.1) is 0 Å². The Hall–Kier alpha value is -3.23. The topological polar surface area (TPSA) is 159 Å². The van der Waals surface area contributed by atoms with Gasteiger partial charge in [0.25, 0.3) is 0 Å². The van der Waals surface area contributed by atoms with Gasteiger partial charge in [0, 0.05) is 19.0 Å². The van der Waals surface area contributed by atoms with Crippen LogP contribution in [0.25, 0.3) is 0 Å². The van der Waals surface area contributed by atoms with Gasteiger partial charge in [0.05, 0.1) is 30.1 Å². The van der Waals surface area contributed by atoms with Crippen molar-refractivity contribution < 1.29 is 46.8 Å². The van der Waals surface area contributed by atoms with Crippen LogP contribution < -0.4 is 20.1 Å². The van der Waals surface area contributed by atoms with Gasteiger partial charge in [-0.2, -0.15) is 0 Å². The first-order valence-electron chi connectivity index (χ1n) is 15.7. The Balaban J connectivity index is 1.43. The molecule has 252 valence electrons. The Kier molecular flexibility index (Phi) is 10.9. The summed E-state index contributed by atoms with van der Waals surface area (Å²) < 4.78 is 56.8. The normalized spacial score (nSPS) is 22.8. The molecule has 13 heteroatoms. The molecule has 2 aromatic carbocycles. The summed E-state index contributed by atoms with van der Waals surface area (Å²) in [5.74, 6) is 0.656. The lowest BCUT2D eigenvalue weighted by atomic mass is 9.87. The van der Waals surface area contributed by atoms with E-state index in [0.717, 1.165) is 5.56 Å². The number of carbonyl (C=O) groups excluding carboxylic acids is 2. The largest absolute Gasteiger partial charge is 0.486 e. The van der Waals surface area contributed by atoms with E-state index < -0.39 is 51.3 Å². The quantitative estimate of drug-likeness (QED) is 0.274. The standard InChI is InChI=1S/C33H44N2O10S/c1-21(36)11-13-33(2,3)20-34-30(46(39,40)23-9-10-26-27(18-23)42-16-15-41-26)29(37)25(17-22-7-5-4-6-8-22)35-32(38)45-28-19-44-31-24(28)12-14-43-31/h4-10,18,24-25,28-31,34,37H,11-17,19-20H2,1-3H3,(H,35,38)/t24-,25-,28-,29+,30?,31+/m0/s1. The smallest absolute Gasteiger partial charge is 0.407 e. The Morgan fingerprint density at radius 3 is 2.52 bits per heavy atom. The molecule has 1 amide bonds. The second kappa shape index (κ2) is 14.7. The fourth-order valence-corrected chi connectivity index (χ4v) is 7.63. The monoisotopic (exact) mass is 660 g/mol. The minimum Gasteiger partial charge on any atom is -0.486 e. The third-order valence-electron chi connectivity index (χ3n) is 8.68. The number of aliphatic hydroxyl groups excluding tert-OH is 1. The number of aliphatic hydroxyl groups is 1. The van der Waals surface area contributed by atoms with Gasteiger partial charge >= 0.3 is 6.09 Å². The van der Waals surface area contributed by atoms with Crippen molar-refractivity contribution in [2.45, 2.75) is 81.3 Å². The molecule has 0 spiro atoms. The molecule has 0 aliphatic carbocycles. The van der Waals surface area contributed by atoms with Crippen molar-refractivity contribution >= 4 is 21.7 Å². The maximum Gasteiger partial charge on any atom is 0.407 e. The van der Waals surface area contributed by atoms with Crippen LogP contribution in [0.3, 0.4) is 0 Å². The number of sulfone groups is 1. The van der Waals surface area contributed by atoms with Gasteiger partial charge in [-0.3, -0.25) is 5.32 Å². The number of benzene rings is 2. The molecule has 1 unspecified atom stereocenters. The Labute approximate surface area is 270 Å². The molecule has 3 N–H and O–H groups in total. The van der Waals surface area contributed by atoms with Gasteiger partial charge in [-0.05, 0) is 49.3 Å². The van der Waals surface area contributed by atoms with Crippen molar-refractivity contribution in [3.8, 4) is 11.5 Å². The highest BCUT2D eigenvalue weighted by Crippen LogP contribution is 2.35. The summed E-state index contributed by atoms with van der Waals surface area (Å²) in [6.07, 6.45) is -1.71. The number of carbonyl (C=O) groups is 2. The van der Waals surface area contributed by atoms with Crippen LogP contribution in [0.4, 0.5) is 4.79 Å². The van der Waals surface area contributed by atoms with Crippen LogP contribution in [-0.2, 0) is 35.3 Å². The molecule has 0 saturated carbocycles. The molecule has 2 saturated heterocycles. The number of amides is 1. The molecule has 6 atom stereocenters. The fraction of sp³-hybridized carbons (Fsp3) is 0.576. The van der Waals surface area contributed by atoms with E-state index in [-0.39, 0.29) is 48.5 Å². The number of Topliss-reactive ketones (excluding diaryl/α,β-unsaturated/α-hetero) is 1. The number of ketones is 1. The van der Waals surface area contributed by atoms with Crippen LogP contribution in [0.15, 0.2) is 53.4 Å². The lowest BCUT2D eigenvalue weighted by Crippen LogP contribution is -2.58. The molecule has 0 radical (unpaired) electrons. The highest BCUT2D eigenvalue weighted by molar-refractivity contribution is 7.92.